The lowest BCUT2D eigenvalue weighted by Gasteiger charge is -2.39. The fraction of sp³-hybridized carbons (Fsp3) is 0.462. The molecule has 0 aliphatic carbocycles. The zero-order valence-corrected chi connectivity index (χ0v) is 12.3. The number of likely N-dealkylation sites (tertiary alicyclic amines) is 1. The molecule has 1 amide bonds. The molecule has 0 saturated carbocycles. The number of hydrogen-bond donors (Lipinski definition) is 1. The molecular formula is C13H12Cl2F3NO2. The number of hydrogen-bond acceptors (Lipinski definition) is 2. The van der Waals surface area contributed by atoms with Gasteiger partial charge < -0.3 is 10.0 Å². The number of halogens is 5. The van der Waals surface area contributed by atoms with Gasteiger partial charge in [0.1, 0.15) is 0 Å². The highest BCUT2D eigenvalue weighted by atomic mass is 35.5. The monoisotopic (exact) mass is 341 g/mol. The molecule has 1 aliphatic heterocycles. The minimum Gasteiger partial charge on any atom is -0.380 e. The lowest BCUT2D eigenvalue weighted by molar-refractivity contribution is -0.271. The van der Waals surface area contributed by atoms with Crippen LogP contribution >= 0.6 is 23.2 Å². The normalized spacial score (nSPS) is 18.7. The number of benzene rings is 1. The number of nitrogens with zero attached hydrogens (tertiary/aromatic N) is 1. The third-order valence-corrected chi connectivity index (χ3v) is 4.21. The van der Waals surface area contributed by atoms with Crippen molar-refractivity contribution in [3.63, 3.8) is 0 Å². The van der Waals surface area contributed by atoms with E-state index in [1.807, 2.05) is 0 Å². The maximum Gasteiger partial charge on any atom is 0.417 e. The first kappa shape index (κ1) is 16.4. The zero-order valence-electron chi connectivity index (χ0n) is 10.8. The molecule has 2 rings (SSSR count). The van der Waals surface area contributed by atoms with E-state index in [1.54, 1.807) is 6.07 Å². The number of piperidine rings is 1. The maximum atomic E-state index is 12.7. The molecule has 0 bridgehead atoms. The van der Waals surface area contributed by atoms with Gasteiger partial charge >= 0.3 is 6.18 Å². The Labute approximate surface area is 129 Å². The Morgan fingerprint density at radius 3 is 2.10 bits per heavy atom. The van der Waals surface area contributed by atoms with E-state index >= 15 is 0 Å². The molecule has 0 aromatic heterocycles. The summed E-state index contributed by atoms with van der Waals surface area (Å²) >= 11 is 11.8. The molecule has 0 unspecified atom stereocenters. The van der Waals surface area contributed by atoms with E-state index in [-0.39, 0.29) is 28.7 Å². The molecule has 1 aliphatic rings. The quantitative estimate of drug-likeness (QED) is 0.848. The average molecular weight is 342 g/mol. The van der Waals surface area contributed by atoms with Gasteiger partial charge in [0, 0.05) is 25.9 Å². The molecule has 1 aromatic carbocycles. The van der Waals surface area contributed by atoms with Gasteiger partial charge in [0.25, 0.3) is 5.91 Å². The molecule has 1 N–H and O–H groups in total. The van der Waals surface area contributed by atoms with Crippen LogP contribution < -0.4 is 0 Å². The summed E-state index contributed by atoms with van der Waals surface area (Å²) in [6.07, 6.45) is -5.83. The van der Waals surface area contributed by atoms with E-state index < -0.39 is 30.5 Å². The fourth-order valence-corrected chi connectivity index (χ4v) is 2.78. The zero-order chi connectivity index (χ0) is 15.8. The van der Waals surface area contributed by atoms with E-state index in [4.69, 9.17) is 23.2 Å². The fourth-order valence-electron chi connectivity index (χ4n) is 2.22. The molecule has 0 radical (unpaired) electrons. The molecule has 8 heteroatoms. The Balaban J connectivity index is 2.15. The predicted octanol–water partition coefficient (Wildman–Crippen LogP) is 3.52. The van der Waals surface area contributed by atoms with Crippen LogP contribution in [0, 0.1) is 0 Å². The summed E-state index contributed by atoms with van der Waals surface area (Å²) in [6.45, 7) is -0.424. The smallest absolute Gasteiger partial charge is 0.380 e. The topological polar surface area (TPSA) is 40.5 Å². The number of carbonyl (C=O) groups is 1. The Hall–Kier alpha value is -0.980. The summed E-state index contributed by atoms with van der Waals surface area (Å²) in [5.41, 5.74) is -2.67. The van der Waals surface area contributed by atoms with Gasteiger partial charge in [0.05, 0.1) is 15.6 Å². The van der Waals surface area contributed by atoms with Crippen molar-refractivity contribution in [1.82, 2.24) is 4.90 Å². The van der Waals surface area contributed by atoms with Crippen molar-refractivity contribution >= 4 is 29.1 Å². The van der Waals surface area contributed by atoms with Gasteiger partial charge in [-0.15, -0.1) is 0 Å². The first-order valence-corrected chi connectivity index (χ1v) is 6.94. The second-order valence-electron chi connectivity index (χ2n) is 4.92. The van der Waals surface area contributed by atoms with Crippen LogP contribution in [0.3, 0.4) is 0 Å². The van der Waals surface area contributed by atoms with Gasteiger partial charge in [0.15, 0.2) is 5.60 Å². The Morgan fingerprint density at radius 1 is 1.19 bits per heavy atom. The number of alkyl halides is 3. The van der Waals surface area contributed by atoms with Crippen LogP contribution in [0.15, 0.2) is 18.2 Å². The molecule has 0 spiro atoms. The summed E-state index contributed by atoms with van der Waals surface area (Å²) in [5.74, 6) is -0.533. The number of aliphatic hydroxyl groups is 1. The highest BCUT2D eigenvalue weighted by Crippen LogP contribution is 2.39. The summed E-state index contributed by atoms with van der Waals surface area (Å²) in [6, 6.07) is 4.54. The second kappa shape index (κ2) is 5.66. The van der Waals surface area contributed by atoms with Crippen LogP contribution in [0.2, 0.25) is 10.0 Å². The van der Waals surface area contributed by atoms with Crippen LogP contribution in [0.1, 0.15) is 23.2 Å². The van der Waals surface area contributed by atoms with E-state index in [0.29, 0.717) is 0 Å². The molecule has 3 nitrogen and oxygen atoms in total. The van der Waals surface area contributed by atoms with Crippen molar-refractivity contribution in [2.75, 3.05) is 13.1 Å². The van der Waals surface area contributed by atoms with E-state index in [1.165, 1.54) is 17.0 Å². The SMILES string of the molecule is O=C(c1c(Cl)cccc1Cl)N1CCC(O)(C(F)(F)F)CC1. The number of rotatable bonds is 1. The van der Waals surface area contributed by atoms with E-state index in [2.05, 4.69) is 0 Å². The van der Waals surface area contributed by atoms with Gasteiger partial charge in [-0.3, -0.25) is 4.79 Å². The molecule has 1 heterocycles. The van der Waals surface area contributed by atoms with Gasteiger partial charge in [0.2, 0.25) is 0 Å². The first-order valence-electron chi connectivity index (χ1n) is 6.18. The van der Waals surface area contributed by atoms with Gasteiger partial charge in [-0.25, -0.2) is 0 Å². The van der Waals surface area contributed by atoms with Crippen molar-refractivity contribution in [2.45, 2.75) is 24.6 Å². The van der Waals surface area contributed by atoms with Crippen molar-refractivity contribution in [2.24, 2.45) is 0 Å². The molecular weight excluding hydrogens is 330 g/mol. The number of carbonyl (C=O) groups excluding carboxylic acids is 1. The van der Waals surface area contributed by atoms with Gasteiger partial charge in [-0.05, 0) is 12.1 Å². The van der Waals surface area contributed by atoms with E-state index in [0.717, 1.165) is 0 Å². The van der Waals surface area contributed by atoms with E-state index in [9.17, 15) is 23.1 Å². The van der Waals surface area contributed by atoms with Crippen LogP contribution in [-0.4, -0.2) is 40.8 Å². The first-order chi connectivity index (χ1) is 9.66. The summed E-state index contributed by atoms with van der Waals surface area (Å²) in [4.78, 5) is 13.5. The summed E-state index contributed by atoms with van der Waals surface area (Å²) in [7, 11) is 0. The molecule has 116 valence electrons. The minimum absolute atomic E-state index is 0.0679. The second-order valence-corrected chi connectivity index (χ2v) is 5.73. The van der Waals surface area contributed by atoms with Gasteiger partial charge in [-0.2, -0.15) is 13.2 Å². The van der Waals surface area contributed by atoms with Crippen LogP contribution in [-0.2, 0) is 0 Å². The van der Waals surface area contributed by atoms with Crippen LogP contribution in [0.5, 0.6) is 0 Å². The third kappa shape index (κ3) is 3.12. The predicted molar refractivity (Wildman–Crippen MR) is 72.6 cm³/mol. The highest BCUT2D eigenvalue weighted by Gasteiger charge is 2.55. The lowest BCUT2D eigenvalue weighted by Crippen LogP contribution is -2.54. The standard InChI is InChI=1S/C13H12Cl2F3NO2/c14-8-2-1-3-9(15)10(8)11(20)19-6-4-12(21,5-7-19)13(16,17)18/h1-3,21H,4-7H2. The average Bonchev–Trinajstić information content (AvgIpc) is 2.38. The Bertz CT molecular complexity index is 535. The molecule has 21 heavy (non-hydrogen) atoms. The third-order valence-electron chi connectivity index (χ3n) is 3.58. The molecule has 0 atom stereocenters. The summed E-state index contributed by atoms with van der Waals surface area (Å²) < 4.78 is 38.1. The minimum atomic E-state index is -4.70. The number of amides is 1. The lowest BCUT2D eigenvalue weighted by atomic mass is 9.90. The van der Waals surface area contributed by atoms with Crippen molar-refractivity contribution in [1.29, 1.82) is 0 Å². The van der Waals surface area contributed by atoms with Gasteiger partial charge in [-0.1, -0.05) is 29.3 Å². The van der Waals surface area contributed by atoms with Crippen molar-refractivity contribution in [3.05, 3.63) is 33.8 Å². The van der Waals surface area contributed by atoms with Crippen LogP contribution in [0.4, 0.5) is 13.2 Å². The van der Waals surface area contributed by atoms with Crippen molar-refractivity contribution in [3.8, 4) is 0 Å². The molecule has 1 aromatic rings. The Kier molecular flexibility index (Phi) is 4.42. The van der Waals surface area contributed by atoms with Crippen molar-refractivity contribution < 1.29 is 23.1 Å². The Morgan fingerprint density at radius 2 is 1.67 bits per heavy atom. The summed E-state index contributed by atoms with van der Waals surface area (Å²) in [5, 5.41) is 9.86. The largest absolute Gasteiger partial charge is 0.417 e. The molecule has 1 saturated heterocycles. The van der Waals surface area contributed by atoms with Crippen LogP contribution in [0.25, 0.3) is 0 Å². The highest BCUT2D eigenvalue weighted by molar-refractivity contribution is 6.39. The maximum absolute atomic E-state index is 12.7. The molecule has 1 fully saturated rings.